The molecule has 0 spiro atoms. The third-order valence-corrected chi connectivity index (χ3v) is 6.66. The van der Waals surface area contributed by atoms with E-state index in [4.69, 9.17) is 9.47 Å². The Balaban J connectivity index is 1.43. The molecule has 4 rings (SSSR count). The molecular formula is C31H31NO3. The van der Waals surface area contributed by atoms with Crippen LogP contribution in [-0.4, -0.2) is 6.41 Å². The minimum atomic E-state index is 0.161. The Hall–Kier alpha value is -4.05. The van der Waals surface area contributed by atoms with Crippen molar-refractivity contribution in [2.45, 2.75) is 39.0 Å². The molecule has 178 valence electrons. The van der Waals surface area contributed by atoms with Gasteiger partial charge in [0.05, 0.1) is 0 Å². The monoisotopic (exact) mass is 465 g/mol. The van der Waals surface area contributed by atoms with Gasteiger partial charge in [-0.2, -0.15) is 0 Å². The van der Waals surface area contributed by atoms with Gasteiger partial charge in [-0.1, -0.05) is 63.2 Å². The second-order valence-corrected chi connectivity index (χ2v) is 8.84. The van der Waals surface area contributed by atoms with Gasteiger partial charge in [-0.15, -0.1) is 0 Å². The van der Waals surface area contributed by atoms with Crippen molar-refractivity contribution in [2.24, 2.45) is 0 Å². The van der Waals surface area contributed by atoms with E-state index < -0.39 is 0 Å². The van der Waals surface area contributed by atoms with Gasteiger partial charge in [0.1, 0.15) is 23.0 Å². The second kappa shape index (κ2) is 10.9. The Morgan fingerprint density at radius 3 is 1.71 bits per heavy atom. The van der Waals surface area contributed by atoms with E-state index in [-0.39, 0.29) is 5.41 Å². The number of amides is 1. The number of rotatable bonds is 10. The summed E-state index contributed by atoms with van der Waals surface area (Å²) in [5, 5.41) is 2.63. The predicted molar refractivity (Wildman–Crippen MR) is 143 cm³/mol. The van der Waals surface area contributed by atoms with Gasteiger partial charge in [-0.05, 0) is 83.5 Å². The molecule has 0 saturated carbocycles. The molecule has 4 aromatic rings. The van der Waals surface area contributed by atoms with Crippen molar-refractivity contribution >= 4 is 12.1 Å². The highest BCUT2D eigenvalue weighted by Gasteiger charge is 2.22. The van der Waals surface area contributed by atoms with E-state index in [1.165, 1.54) is 5.56 Å². The first kappa shape index (κ1) is 24.1. The van der Waals surface area contributed by atoms with Gasteiger partial charge >= 0.3 is 0 Å². The number of hydrogen-bond acceptors (Lipinski definition) is 3. The number of anilines is 1. The van der Waals surface area contributed by atoms with Crippen molar-refractivity contribution in [3.8, 4) is 34.1 Å². The zero-order valence-corrected chi connectivity index (χ0v) is 20.5. The molecule has 0 aliphatic carbocycles. The van der Waals surface area contributed by atoms with Crippen LogP contribution in [0.5, 0.6) is 23.0 Å². The highest BCUT2D eigenvalue weighted by Crippen LogP contribution is 2.34. The number of carbonyl (C=O) groups excluding carboxylic acids is 1. The molecule has 0 fully saturated rings. The highest BCUT2D eigenvalue weighted by atomic mass is 16.5. The first-order valence-electron chi connectivity index (χ1n) is 12.0. The molecule has 0 aliphatic rings. The van der Waals surface area contributed by atoms with Crippen molar-refractivity contribution in [3.63, 3.8) is 0 Å². The zero-order valence-electron chi connectivity index (χ0n) is 20.5. The molecule has 4 nitrogen and oxygen atoms in total. The lowest BCUT2D eigenvalue weighted by Gasteiger charge is -2.27. The topological polar surface area (TPSA) is 47.6 Å². The molecular weight excluding hydrogens is 434 g/mol. The zero-order chi connectivity index (χ0) is 24.7. The van der Waals surface area contributed by atoms with Gasteiger partial charge in [0.15, 0.2) is 0 Å². The van der Waals surface area contributed by atoms with Crippen LogP contribution in [0.1, 0.15) is 39.2 Å². The third-order valence-electron chi connectivity index (χ3n) is 6.66. The van der Waals surface area contributed by atoms with E-state index in [1.54, 1.807) is 6.07 Å². The fraction of sp³-hybridized carbons (Fsp3) is 0.194. The van der Waals surface area contributed by atoms with E-state index >= 15 is 0 Å². The van der Waals surface area contributed by atoms with Gasteiger partial charge in [0.25, 0.3) is 0 Å². The van der Waals surface area contributed by atoms with Crippen molar-refractivity contribution < 1.29 is 14.3 Å². The SMILES string of the molecule is CCC(C)(CC)c1cccc(Oc2ccc(-c3ccc(Oc4cccc(NC=O)c4)cc3)cc2)c1. The Morgan fingerprint density at radius 2 is 1.20 bits per heavy atom. The van der Waals surface area contributed by atoms with Crippen LogP contribution in [0.15, 0.2) is 97.1 Å². The molecule has 1 N–H and O–H groups in total. The summed E-state index contributed by atoms with van der Waals surface area (Å²) in [5.74, 6) is 3.05. The van der Waals surface area contributed by atoms with Gasteiger partial charge in [-0.25, -0.2) is 0 Å². The van der Waals surface area contributed by atoms with Crippen molar-refractivity contribution in [3.05, 3.63) is 103 Å². The van der Waals surface area contributed by atoms with Crippen molar-refractivity contribution in [1.29, 1.82) is 0 Å². The van der Waals surface area contributed by atoms with Crippen molar-refractivity contribution in [1.82, 2.24) is 0 Å². The maximum atomic E-state index is 10.6. The van der Waals surface area contributed by atoms with E-state index in [1.807, 2.05) is 60.7 Å². The number of hydrogen-bond donors (Lipinski definition) is 1. The molecule has 0 saturated heterocycles. The molecule has 35 heavy (non-hydrogen) atoms. The fourth-order valence-electron chi connectivity index (χ4n) is 4.01. The smallest absolute Gasteiger partial charge is 0.211 e. The standard InChI is InChI=1S/C31H31NO3/c1-4-31(3,5-2)25-8-6-10-29(20-25)34-27-16-12-23(13-17-27)24-14-18-28(19-15-24)35-30-11-7-9-26(21-30)32-22-33/h6-22H,4-5H2,1-3H3,(H,32,33). The number of carbonyl (C=O) groups is 1. The van der Waals surface area contributed by atoms with Gasteiger partial charge in [0.2, 0.25) is 6.41 Å². The van der Waals surface area contributed by atoms with Gasteiger partial charge < -0.3 is 14.8 Å². The number of benzene rings is 4. The summed E-state index contributed by atoms with van der Waals surface area (Å²) in [6, 6.07) is 31.7. The minimum Gasteiger partial charge on any atom is -0.457 e. The summed E-state index contributed by atoms with van der Waals surface area (Å²) in [4.78, 5) is 10.6. The van der Waals surface area contributed by atoms with Crippen LogP contribution in [0.2, 0.25) is 0 Å². The summed E-state index contributed by atoms with van der Waals surface area (Å²) in [7, 11) is 0. The summed E-state index contributed by atoms with van der Waals surface area (Å²) < 4.78 is 12.1. The molecule has 4 aromatic carbocycles. The van der Waals surface area contributed by atoms with Gasteiger partial charge in [0, 0.05) is 11.8 Å². The number of ether oxygens (including phenoxy) is 2. The Kier molecular flexibility index (Phi) is 7.51. The molecule has 4 heteroatoms. The van der Waals surface area contributed by atoms with Gasteiger partial charge in [-0.3, -0.25) is 4.79 Å². The van der Waals surface area contributed by atoms with E-state index in [9.17, 15) is 4.79 Å². The summed E-state index contributed by atoms with van der Waals surface area (Å²) >= 11 is 0. The molecule has 0 bridgehead atoms. The van der Waals surface area contributed by atoms with E-state index in [0.29, 0.717) is 17.8 Å². The third kappa shape index (κ3) is 5.90. The lowest BCUT2D eigenvalue weighted by Crippen LogP contribution is -2.19. The highest BCUT2D eigenvalue weighted by molar-refractivity contribution is 5.72. The van der Waals surface area contributed by atoms with Crippen molar-refractivity contribution in [2.75, 3.05) is 5.32 Å². The molecule has 0 aliphatic heterocycles. The lowest BCUT2D eigenvalue weighted by atomic mass is 9.78. The average Bonchev–Trinajstić information content (AvgIpc) is 2.90. The van der Waals surface area contributed by atoms with Crippen LogP contribution < -0.4 is 14.8 Å². The van der Waals surface area contributed by atoms with Crippen LogP contribution in [0.3, 0.4) is 0 Å². The second-order valence-electron chi connectivity index (χ2n) is 8.84. The Labute approximate surface area is 207 Å². The minimum absolute atomic E-state index is 0.161. The molecule has 1 amide bonds. The maximum absolute atomic E-state index is 10.6. The normalized spacial score (nSPS) is 11.1. The summed E-state index contributed by atoms with van der Waals surface area (Å²) in [6.07, 6.45) is 2.83. The first-order valence-corrected chi connectivity index (χ1v) is 12.0. The van der Waals surface area contributed by atoms with E-state index in [0.717, 1.165) is 41.2 Å². The summed E-state index contributed by atoms with van der Waals surface area (Å²) in [6.45, 7) is 6.78. The van der Waals surface area contributed by atoms with Crippen LogP contribution in [0.25, 0.3) is 11.1 Å². The average molecular weight is 466 g/mol. The maximum Gasteiger partial charge on any atom is 0.211 e. The molecule has 0 heterocycles. The molecule has 0 aromatic heterocycles. The van der Waals surface area contributed by atoms with E-state index in [2.05, 4.69) is 56.4 Å². The Bertz CT molecular complexity index is 1260. The van der Waals surface area contributed by atoms with Crippen LogP contribution in [0.4, 0.5) is 5.69 Å². The Morgan fingerprint density at radius 1 is 0.686 bits per heavy atom. The molecule has 0 unspecified atom stereocenters. The quantitative estimate of drug-likeness (QED) is 0.239. The largest absolute Gasteiger partial charge is 0.457 e. The first-order chi connectivity index (χ1) is 17.0. The number of nitrogens with one attached hydrogen (secondary N) is 1. The molecule has 0 radical (unpaired) electrons. The van der Waals surface area contributed by atoms with Crippen LogP contribution in [0, 0.1) is 0 Å². The fourth-order valence-corrected chi connectivity index (χ4v) is 4.01. The lowest BCUT2D eigenvalue weighted by molar-refractivity contribution is -0.105. The van der Waals surface area contributed by atoms with Crippen LogP contribution >= 0.6 is 0 Å². The summed E-state index contributed by atoms with van der Waals surface area (Å²) in [5.41, 5.74) is 4.34. The van der Waals surface area contributed by atoms with Crippen LogP contribution in [-0.2, 0) is 10.2 Å². The predicted octanol–water partition coefficient (Wildman–Crippen LogP) is 8.58. The molecule has 0 atom stereocenters.